The number of rotatable bonds is 4. The van der Waals surface area contributed by atoms with E-state index in [1.807, 2.05) is 38.1 Å². The molecule has 0 saturated carbocycles. The molecule has 2 aromatic carbocycles. The zero-order chi connectivity index (χ0) is 20.9. The van der Waals surface area contributed by atoms with Gasteiger partial charge in [0.15, 0.2) is 11.4 Å². The highest BCUT2D eigenvalue weighted by atomic mass is 19.1. The molecule has 0 bridgehead atoms. The maximum absolute atomic E-state index is 14.7. The van der Waals surface area contributed by atoms with Gasteiger partial charge in [-0.05, 0) is 43.6 Å². The maximum Gasteiger partial charge on any atom is 0.494 e. The van der Waals surface area contributed by atoms with Crippen LogP contribution in [0.2, 0.25) is 0 Å². The highest BCUT2D eigenvalue weighted by Crippen LogP contribution is 2.30. The van der Waals surface area contributed by atoms with E-state index in [0.717, 1.165) is 5.39 Å². The molecule has 0 spiro atoms. The van der Waals surface area contributed by atoms with Crippen molar-refractivity contribution >= 4 is 40.5 Å². The molecular formula is C21H18BF2N3O3. The molecule has 2 aromatic heterocycles. The van der Waals surface area contributed by atoms with Crippen LogP contribution in [0.1, 0.15) is 19.4 Å². The molecule has 5 rings (SSSR count). The third kappa shape index (κ3) is 3.30. The van der Waals surface area contributed by atoms with Crippen LogP contribution in [0.25, 0.3) is 22.1 Å². The Morgan fingerprint density at radius 1 is 1.13 bits per heavy atom. The van der Waals surface area contributed by atoms with Gasteiger partial charge in [0.05, 0.1) is 12.2 Å². The first-order valence-corrected chi connectivity index (χ1v) is 9.55. The first kappa shape index (κ1) is 19.0. The van der Waals surface area contributed by atoms with E-state index in [1.54, 1.807) is 0 Å². The second kappa shape index (κ2) is 7.03. The minimum Gasteiger partial charge on any atom is -0.450 e. The largest absolute Gasteiger partial charge is 0.494 e. The fourth-order valence-corrected chi connectivity index (χ4v) is 3.55. The van der Waals surface area contributed by atoms with Crippen LogP contribution in [0.15, 0.2) is 47.1 Å². The third-order valence-electron chi connectivity index (χ3n) is 5.03. The second-order valence-corrected chi connectivity index (χ2v) is 7.84. The number of benzene rings is 2. The van der Waals surface area contributed by atoms with Gasteiger partial charge >= 0.3 is 7.12 Å². The number of nitrogens with zero attached hydrogens (tertiary/aromatic N) is 2. The summed E-state index contributed by atoms with van der Waals surface area (Å²) in [5, 5.41) is 3.81. The fourth-order valence-electron chi connectivity index (χ4n) is 3.55. The molecule has 1 fully saturated rings. The fraction of sp³-hybridized carbons (Fsp3) is 0.238. The molecule has 6 nitrogen and oxygen atoms in total. The van der Waals surface area contributed by atoms with Gasteiger partial charge in [0.2, 0.25) is 0 Å². The van der Waals surface area contributed by atoms with Crippen LogP contribution >= 0.6 is 0 Å². The predicted octanol–water partition coefficient (Wildman–Crippen LogP) is 3.79. The zero-order valence-corrected chi connectivity index (χ0v) is 16.4. The molecule has 1 N–H and O–H groups in total. The average Bonchev–Trinajstić information content (AvgIpc) is 3.27. The number of nitrogens with one attached hydrogen (secondary N) is 1. The summed E-state index contributed by atoms with van der Waals surface area (Å²) >= 11 is 0. The van der Waals surface area contributed by atoms with E-state index < -0.39 is 24.4 Å². The predicted molar refractivity (Wildman–Crippen MR) is 109 cm³/mol. The Morgan fingerprint density at radius 3 is 2.63 bits per heavy atom. The number of para-hydroxylation sites is 1. The Kier molecular flexibility index (Phi) is 4.45. The van der Waals surface area contributed by atoms with Crippen LogP contribution in [0, 0.1) is 11.6 Å². The van der Waals surface area contributed by atoms with Crippen molar-refractivity contribution in [2.24, 2.45) is 0 Å². The lowest BCUT2D eigenvalue weighted by Gasteiger charge is -2.16. The molecule has 0 atom stereocenters. The Bertz CT molecular complexity index is 1240. The summed E-state index contributed by atoms with van der Waals surface area (Å²) in [6.45, 7) is 3.96. The van der Waals surface area contributed by atoms with E-state index in [1.165, 1.54) is 18.5 Å². The van der Waals surface area contributed by atoms with E-state index >= 15 is 0 Å². The smallest absolute Gasteiger partial charge is 0.450 e. The Labute approximate surface area is 171 Å². The van der Waals surface area contributed by atoms with Crippen LogP contribution in [-0.2, 0) is 15.9 Å². The van der Waals surface area contributed by atoms with Crippen molar-refractivity contribution in [3.8, 4) is 0 Å². The quantitative estimate of drug-likeness (QED) is 0.518. The Morgan fingerprint density at radius 2 is 1.90 bits per heavy atom. The van der Waals surface area contributed by atoms with Crippen molar-refractivity contribution in [3.05, 3.63) is 59.9 Å². The van der Waals surface area contributed by atoms with Crippen molar-refractivity contribution < 1.29 is 22.5 Å². The molecule has 0 amide bonds. The summed E-state index contributed by atoms with van der Waals surface area (Å²) in [6, 6.07) is 9.94. The maximum atomic E-state index is 14.7. The van der Waals surface area contributed by atoms with E-state index in [2.05, 4.69) is 15.3 Å². The van der Waals surface area contributed by atoms with Gasteiger partial charge in [0, 0.05) is 17.5 Å². The molecule has 0 unspecified atom stereocenters. The summed E-state index contributed by atoms with van der Waals surface area (Å²) < 4.78 is 46.4. The lowest BCUT2D eigenvalue weighted by molar-refractivity contribution is 0.137. The molecule has 0 radical (unpaired) electrons. The topological polar surface area (TPSA) is 69.4 Å². The summed E-state index contributed by atoms with van der Waals surface area (Å²) in [7, 11) is -0.789. The number of hydrogen-bond acceptors (Lipinski definition) is 6. The van der Waals surface area contributed by atoms with Gasteiger partial charge in [-0.25, -0.2) is 18.7 Å². The van der Waals surface area contributed by atoms with E-state index in [0.29, 0.717) is 34.6 Å². The van der Waals surface area contributed by atoms with Crippen LogP contribution in [-0.4, -0.2) is 29.3 Å². The number of aromatic nitrogens is 2. The van der Waals surface area contributed by atoms with E-state index in [4.69, 9.17) is 13.7 Å². The number of hydrogen-bond donors (Lipinski definition) is 1. The van der Waals surface area contributed by atoms with Gasteiger partial charge < -0.3 is 19.0 Å². The summed E-state index contributed by atoms with van der Waals surface area (Å²) in [5.41, 5.74) is 1.43. The van der Waals surface area contributed by atoms with Gasteiger partial charge in [0.25, 0.3) is 0 Å². The lowest BCUT2D eigenvalue weighted by Crippen LogP contribution is -2.35. The van der Waals surface area contributed by atoms with Gasteiger partial charge in [-0.3, -0.25) is 0 Å². The van der Waals surface area contributed by atoms with Crippen LogP contribution < -0.4 is 10.8 Å². The van der Waals surface area contributed by atoms with Crippen LogP contribution in [0.5, 0.6) is 0 Å². The van der Waals surface area contributed by atoms with Gasteiger partial charge in [-0.2, -0.15) is 0 Å². The average molecular weight is 409 g/mol. The molecule has 1 saturated heterocycles. The van der Waals surface area contributed by atoms with Crippen LogP contribution in [0.4, 0.5) is 14.6 Å². The highest BCUT2D eigenvalue weighted by molar-refractivity contribution is 6.61. The Hall–Kier alpha value is -3.04. The second-order valence-electron chi connectivity index (χ2n) is 7.84. The van der Waals surface area contributed by atoms with Crippen molar-refractivity contribution in [2.75, 3.05) is 11.9 Å². The highest BCUT2D eigenvalue weighted by Gasteiger charge is 2.38. The van der Waals surface area contributed by atoms with Crippen molar-refractivity contribution in [1.82, 2.24) is 9.97 Å². The zero-order valence-electron chi connectivity index (χ0n) is 16.4. The molecule has 0 aliphatic carbocycles. The minimum absolute atomic E-state index is 0.112. The molecule has 152 valence electrons. The van der Waals surface area contributed by atoms with E-state index in [9.17, 15) is 8.78 Å². The molecule has 3 heterocycles. The van der Waals surface area contributed by atoms with Crippen LogP contribution in [0.3, 0.4) is 0 Å². The summed E-state index contributed by atoms with van der Waals surface area (Å²) in [4.78, 5) is 8.44. The van der Waals surface area contributed by atoms with E-state index in [-0.39, 0.29) is 12.1 Å². The monoisotopic (exact) mass is 409 g/mol. The molecule has 4 aromatic rings. The standard InChI is InChI=1S/C21H18BF2N3O3/c1-21(2)10-28-22(30-21)12-7-15(23)14(16(24)8-12)9-25-20-19-18(26-11-27-20)13-5-3-4-6-17(13)29-19/h3-8,11H,9-10H2,1-2H3,(H,25,26,27). The first-order chi connectivity index (χ1) is 14.4. The lowest BCUT2D eigenvalue weighted by atomic mass is 9.78. The van der Waals surface area contributed by atoms with Gasteiger partial charge in [0.1, 0.15) is 29.1 Å². The SMILES string of the molecule is CC1(C)COB(c2cc(F)c(CNc3ncnc4c3oc3ccccc34)c(F)c2)O1. The number of halogens is 2. The van der Waals surface area contributed by atoms with Crippen molar-refractivity contribution in [1.29, 1.82) is 0 Å². The van der Waals surface area contributed by atoms with Crippen molar-refractivity contribution in [2.45, 2.75) is 26.0 Å². The molecule has 9 heteroatoms. The normalized spacial score (nSPS) is 15.9. The molecule has 1 aliphatic rings. The van der Waals surface area contributed by atoms with Gasteiger partial charge in [-0.15, -0.1) is 0 Å². The number of furan rings is 1. The molecule has 1 aliphatic heterocycles. The number of fused-ring (bicyclic) bond motifs is 3. The van der Waals surface area contributed by atoms with Crippen molar-refractivity contribution in [3.63, 3.8) is 0 Å². The summed E-state index contributed by atoms with van der Waals surface area (Å²) in [5.74, 6) is -1.02. The first-order valence-electron chi connectivity index (χ1n) is 9.55. The Balaban J connectivity index is 1.42. The minimum atomic E-state index is -0.789. The molecular weight excluding hydrogens is 391 g/mol. The van der Waals surface area contributed by atoms with Gasteiger partial charge in [-0.1, -0.05) is 12.1 Å². The summed E-state index contributed by atoms with van der Waals surface area (Å²) in [6.07, 6.45) is 1.39. The molecule has 30 heavy (non-hydrogen) atoms. The number of anilines is 1. The third-order valence-corrected chi connectivity index (χ3v) is 5.03.